The van der Waals surface area contributed by atoms with Gasteiger partial charge in [0.05, 0.1) is 0 Å². The van der Waals surface area contributed by atoms with Crippen LogP contribution in [-0.4, -0.2) is 11.8 Å². The first-order valence-electron chi connectivity index (χ1n) is 11.5. The maximum Gasteiger partial charge on any atom is 0.248 e. The van der Waals surface area contributed by atoms with Crippen molar-refractivity contribution >= 4 is 81.7 Å². The number of hydrogen-bond donors (Lipinski definition) is 2. The van der Waals surface area contributed by atoms with Crippen molar-refractivity contribution in [3.05, 3.63) is 128 Å². The van der Waals surface area contributed by atoms with E-state index in [1.54, 1.807) is 97.1 Å². The Morgan fingerprint density at radius 1 is 0.538 bits per heavy atom. The van der Waals surface area contributed by atoms with E-state index >= 15 is 0 Å². The summed E-state index contributed by atoms with van der Waals surface area (Å²) in [5, 5.41) is 7.36. The third-order valence-electron chi connectivity index (χ3n) is 5.28. The summed E-state index contributed by atoms with van der Waals surface area (Å²) in [6, 6.07) is 24.0. The molecule has 9 heteroatoms. The highest BCUT2D eigenvalue weighted by atomic mass is 35.5. The first-order valence-corrected chi connectivity index (χ1v) is 13.0. The van der Waals surface area contributed by atoms with Crippen LogP contribution in [0.4, 0.5) is 11.4 Å². The van der Waals surface area contributed by atoms with Crippen LogP contribution in [0.15, 0.2) is 97.1 Å². The van der Waals surface area contributed by atoms with Gasteiger partial charge in [0.1, 0.15) is 11.5 Å². The highest BCUT2D eigenvalue weighted by Gasteiger charge is 2.06. The van der Waals surface area contributed by atoms with Crippen LogP contribution in [0.2, 0.25) is 20.1 Å². The van der Waals surface area contributed by atoms with E-state index in [-0.39, 0.29) is 11.8 Å². The zero-order valence-electron chi connectivity index (χ0n) is 20.1. The lowest BCUT2D eigenvalue weighted by atomic mass is 10.2. The third-order valence-corrected chi connectivity index (χ3v) is 6.60. The largest absolute Gasteiger partial charge is 0.457 e. The molecule has 5 nitrogen and oxygen atoms in total. The minimum absolute atomic E-state index is 0.331. The monoisotopic (exact) mass is 596 g/mol. The topological polar surface area (TPSA) is 67.4 Å². The van der Waals surface area contributed by atoms with Crippen LogP contribution in [0, 0.1) is 0 Å². The maximum atomic E-state index is 12.3. The summed E-state index contributed by atoms with van der Waals surface area (Å²) >= 11 is 24.5. The van der Waals surface area contributed by atoms with Gasteiger partial charge in [0, 0.05) is 54.7 Å². The predicted molar refractivity (Wildman–Crippen MR) is 161 cm³/mol. The molecular weight excluding hydrogens is 578 g/mol. The van der Waals surface area contributed by atoms with Crippen molar-refractivity contribution in [3.8, 4) is 11.5 Å². The number of carbonyl (C=O) groups excluding carboxylic acids is 2. The molecule has 4 aromatic carbocycles. The summed E-state index contributed by atoms with van der Waals surface area (Å²) in [5.41, 5.74) is 2.32. The van der Waals surface area contributed by atoms with E-state index in [2.05, 4.69) is 10.6 Å². The molecule has 0 unspecified atom stereocenters. The molecule has 0 radical (unpaired) electrons. The first kappa shape index (κ1) is 28.3. The van der Waals surface area contributed by atoms with Crippen molar-refractivity contribution in [1.82, 2.24) is 0 Å². The van der Waals surface area contributed by atoms with Crippen LogP contribution in [0.3, 0.4) is 0 Å². The maximum absolute atomic E-state index is 12.3. The van der Waals surface area contributed by atoms with Crippen molar-refractivity contribution in [2.75, 3.05) is 10.6 Å². The van der Waals surface area contributed by atoms with Gasteiger partial charge in [0.15, 0.2) is 0 Å². The van der Waals surface area contributed by atoms with E-state index in [1.807, 2.05) is 0 Å². The highest BCUT2D eigenvalue weighted by Crippen LogP contribution is 2.27. The first-order chi connectivity index (χ1) is 18.8. The number of amides is 2. The second-order valence-electron chi connectivity index (χ2n) is 8.07. The summed E-state index contributed by atoms with van der Waals surface area (Å²) in [5.74, 6) is 0.481. The minimum Gasteiger partial charge on any atom is -0.457 e. The lowest BCUT2D eigenvalue weighted by molar-refractivity contribution is -0.112. The molecule has 0 heterocycles. The smallest absolute Gasteiger partial charge is 0.248 e. The Labute approximate surface area is 245 Å². The molecule has 4 aromatic rings. The Morgan fingerprint density at radius 3 is 1.21 bits per heavy atom. The number of anilines is 2. The molecule has 0 aromatic heterocycles. The van der Waals surface area contributed by atoms with Crippen molar-refractivity contribution in [3.63, 3.8) is 0 Å². The van der Waals surface area contributed by atoms with Crippen molar-refractivity contribution in [1.29, 1.82) is 0 Å². The molecule has 0 atom stereocenters. The fourth-order valence-electron chi connectivity index (χ4n) is 3.37. The van der Waals surface area contributed by atoms with Crippen molar-refractivity contribution in [2.24, 2.45) is 0 Å². The van der Waals surface area contributed by atoms with Gasteiger partial charge in [0.2, 0.25) is 11.8 Å². The molecule has 2 N–H and O–H groups in total. The number of halogens is 4. The van der Waals surface area contributed by atoms with Crippen molar-refractivity contribution in [2.45, 2.75) is 0 Å². The van der Waals surface area contributed by atoms with Gasteiger partial charge in [-0.2, -0.15) is 0 Å². The van der Waals surface area contributed by atoms with Gasteiger partial charge in [-0.05, 0) is 84.9 Å². The van der Waals surface area contributed by atoms with Gasteiger partial charge in [-0.15, -0.1) is 0 Å². The molecule has 39 heavy (non-hydrogen) atoms. The molecule has 0 saturated heterocycles. The predicted octanol–water partition coefficient (Wildman–Crippen LogP) is 9.40. The van der Waals surface area contributed by atoms with E-state index in [0.29, 0.717) is 54.1 Å². The number of benzene rings is 4. The van der Waals surface area contributed by atoms with Crippen LogP contribution in [0.5, 0.6) is 11.5 Å². The number of rotatable bonds is 8. The molecule has 0 fully saturated rings. The number of ether oxygens (including phenoxy) is 1. The number of carbonyl (C=O) groups is 2. The summed E-state index contributed by atoms with van der Waals surface area (Å²) in [7, 11) is 0. The molecule has 0 spiro atoms. The molecular formula is C30H20Cl4N2O3. The summed E-state index contributed by atoms with van der Waals surface area (Å²) in [4.78, 5) is 24.5. The SMILES string of the molecule is O=C(C=Cc1c(Cl)cccc1Cl)Nc1ccc(Oc2ccc(NC(=O)C=Cc3c(Cl)cccc3Cl)cc2)cc1. The molecule has 0 aliphatic carbocycles. The Bertz CT molecular complexity index is 1390. The van der Waals surface area contributed by atoms with E-state index < -0.39 is 0 Å². The van der Waals surface area contributed by atoms with E-state index in [9.17, 15) is 9.59 Å². The molecule has 196 valence electrons. The fraction of sp³-hybridized carbons (Fsp3) is 0. The van der Waals surface area contributed by atoms with Crippen LogP contribution in [0.25, 0.3) is 12.2 Å². The van der Waals surface area contributed by atoms with E-state index in [1.165, 1.54) is 12.2 Å². The molecule has 0 saturated carbocycles. The van der Waals surface area contributed by atoms with Crippen LogP contribution in [0.1, 0.15) is 11.1 Å². The Kier molecular flexibility index (Phi) is 9.69. The summed E-state index contributed by atoms with van der Waals surface area (Å²) in [6.07, 6.45) is 5.85. The molecule has 2 amide bonds. The Hall–Kier alpha value is -3.74. The normalized spacial score (nSPS) is 11.1. The molecule has 0 aliphatic heterocycles. The zero-order valence-corrected chi connectivity index (χ0v) is 23.2. The van der Waals surface area contributed by atoms with Gasteiger partial charge in [0.25, 0.3) is 0 Å². The molecule has 0 aliphatic rings. The fourth-order valence-corrected chi connectivity index (χ4v) is 4.42. The standard InChI is InChI=1S/C30H20Cl4N2O3/c31-25-3-1-4-26(32)23(25)15-17-29(37)35-19-7-11-21(12-8-19)39-22-13-9-20(10-14-22)36-30(38)18-16-24-27(33)5-2-6-28(24)34/h1-18H,(H,35,37)(H,36,38). The van der Waals surface area contributed by atoms with Gasteiger partial charge >= 0.3 is 0 Å². The lowest BCUT2D eigenvalue weighted by Crippen LogP contribution is -2.07. The average Bonchev–Trinajstić information content (AvgIpc) is 2.90. The van der Waals surface area contributed by atoms with Crippen molar-refractivity contribution < 1.29 is 14.3 Å². The van der Waals surface area contributed by atoms with E-state index in [0.717, 1.165) is 0 Å². The highest BCUT2D eigenvalue weighted by molar-refractivity contribution is 6.37. The average molecular weight is 598 g/mol. The number of hydrogen-bond acceptors (Lipinski definition) is 3. The van der Waals surface area contributed by atoms with Gasteiger partial charge in [-0.1, -0.05) is 58.5 Å². The summed E-state index contributed by atoms with van der Waals surface area (Å²) < 4.78 is 5.85. The zero-order chi connectivity index (χ0) is 27.8. The lowest BCUT2D eigenvalue weighted by Gasteiger charge is -2.09. The Balaban J connectivity index is 1.29. The van der Waals surface area contributed by atoms with Gasteiger partial charge < -0.3 is 15.4 Å². The van der Waals surface area contributed by atoms with Crippen LogP contribution in [-0.2, 0) is 9.59 Å². The van der Waals surface area contributed by atoms with Gasteiger partial charge in [-0.25, -0.2) is 0 Å². The second-order valence-corrected chi connectivity index (χ2v) is 9.70. The molecule has 4 rings (SSSR count). The van der Waals surface area contributed by atoms with Gasteiger partial charge in [-0.3, -0.25) is 9.59 Å². The summed E-state index contributed by atoms with van der Waals surface area (Å²) in [6.45, 7) is 0. The molecule has 0 bridgehead atoms. The minimum atomic E-state index is -0.331. The third kappa shape index (κ3) is 8.12. The van der Waals surface area contributed by atoms with E-state index in [4.69, 9.17) is 51.1 Å². The Morgan fingerprint density at radius 2 is 0.872 bits per heavy atom. The van der Waals surface area contributed by atoms with Crippen LogP contribution < -0.4 is 15.4 Å². The second kappa shape index (κ2) is 13.4. The quantitative estimate of drug-likeness (QED) is 0.199. The number of nitrogens with one attached hydrogen (secondary N) is 2. The van der Waals surface area contributed by atoms with Crippen LogP contribution >= 0.6 is 46.4 Å².